The van der Waals surface area contributed by atoms with Crippen molar-refractivity contribution in [3.63, 3.8) is 0 Å². The van der Waals surface area contributed by atoms with E-state index in [0.717, 1.165) is 12.2 Å². The van der Waals surface area contributed by atoms with Gasteiger partial charge in [0.25, 0.3) is 0 Å². The Balaban J connectivity index is -0.000000144. The molecule has 0 aromatic carbocycles. The van der Waals surface area contributed by atoms with Gasteiger partial charge in [0.2, 0.25) is 5.91 Å². The summed E-state index contributed by atoms with van der Waals surface area (Å²) in [6, 6.07) is 0. The molecule has 0 fully saturated rings. The molecule has 4 nitrogen and oxygen atoms in total. The molecule has 15 heavy (non-hydrogen) atoms. The van der Waals surface area contributed by atoms with Crippen LogP contribution in [-0.2, 0) is 9.59 Å². The number of carbonyl (C=O) groups is 2. The molecular formula is C11H19NO3. The van der Waals surface area contributed by atoms with Crippen LogP contribution in [0.25, 0.3) is 0 Å². The first-order valence-electron chi connectivity index (χ1n) is 4.18. The highest BCUT2D eigenvalue weighted by Crippen LogP contribution is 1.82. The summed E-state index contributed by atoms with van der Waals surface area (Å²) in [5.41, 5.74) is 5.91. The minimum atomic E-state index is -0.981. The van der Waals surface area contributed by atoms with Gasteiger partial charge < -0.3 is 10.8 Å². The van der Waals surface area contributed by atoms with Gasteiger partial charge in [-0.05, 0) is 26.8 Å². The van der Waals surface area contributed by atoms with Crippen LogP contribution >= 0.6 is 0 Å². The molecule has 0 radical (unpaired) electrons. The minimum Gasteiger partial charge on any atom is -0.478 e. The Morgan fingerprint density at radius 2 is 1.40 bits per heavy atom. The molecule has 0 aliphatic carbocycles. The molecule has 1 amide bonds. The maximum atomic E-state index is 9.47. The summed E-state index contributed by atoms with van der Waals surface area (Å²) in [7, 11) is 0. The zero-order valence-corrected chi connectivity index (χ0v) is 9.49. The summed E-state index contributed by atoms with van der Waals surface area (Å²) >= 11 is 0. The summed E-state index contributed by atoms with van der Waals surface area (Å²) in [6.45, 7) is 12.2. The van der Waals surface area contributed by atoms with Crippen LogP contribution in [0.15, 0.2) is 37.0 Å². The molecule has 0 aromatic rings. The lowest BCUT2D eigenvalue weighted by Crippen LogP contribution is -2.04. The van der Waals surface area contributed by atoms with E-state index in [1.165, 1.54) is 5.57 Å². The van der Waals surface area contributed by atoms with Crippen LogP contribution < -0.4 is 5.73 Å². The summed E-state index contributed by atoms with van der Waals surface area (Å²) in [5, 5.41) is 7.60. The van der Waals surface area contributed by atoms with E-state index >= 15 is 0 Å². The summed E-state index contributed by atoms with van der Waals surface area (Å²) in [6.07, 6.45) is 3.97. The Labute approximate surface area is 90.8 Å². The number of allylic oxidation sites excluding steroid dienone is 2. The van der Waals surface area contributed by atoms with Crippen LogP contribution in [0.4, 0.5) is 0 Å². The number of carboxylic acids is 1. The number of carboxylic acid groups (broad SMARTS) is 1. The molecule has 0 aromatic heterocycles. The molecule has 0 unspecified atom stereocenters. The van der Waals surface area contributed by atoms with E-state index in [-0.39, 0.29) is 0 Å². The Morgan fingerprint density at radius 1 is 1.20 bits per heavy atom. The van der Waals surface area contributed by atoms with E-state index in [9.17, 15) is 9.59 Å². The Hall–Kier alpha value is -1.84. The van der Waals surface area contributed by atoms with Gasteiger partial charge in [-0.25, -0.2) is 4.79 Å². The average molecular weight is 213 g/mol. The molecule has 4 heteroatoms. The number of hydrogen-bond acceptors (Lipinski definition) is 2. The summed E-state index contributed by atoms with van der Waals surface area (Å²) in [5.74, 6) is -1.46. The van der Waals surface area contributed by atoms with Gasteiger partial charge in [0.15, 0.2) is 0 Å². The monoisotopic (exact) mass is 213 g/mol. The van der Waals surface area contributed by atoms with E-state index in [1.54, 1.807) is 0 Å². The molecule has 3 N–H and O–H groups in total. The van der Waals surface area contributed by atoms with Crippen LogP contribution in [0.3, 0.4) is 0 Å². The van der Waals surface area contributed by atoms with Crippen molar-refractivity contribution in [3.05, 3.63) is 37.0 Å². The Morgan fingerprint density at radius 3 is 1.40 bits per heavy atom. The third-order valence-electron chi connectivity index (χ3n) is 0.953. The van der Waals surface area contributed by atoms with Crippen molar-refractivity contribution in [1.82, 2.24) is 0 Å². The van der Waals surface area contributed by atoms with E-state index < -0.39 is 11.9 Å². The number of hydrogen-bond donors (Lipinski definition) is 2. The van der Waals surface area contributed by atoms with Crippen molar-refractivity contribution in [2.75, 3.05) is 0 Å². The predicted molar refractivity (Wildman–Crippen MR) is 62.3 cm³/mol. The van der Waals surface area contributed by atoms with Crippen LogP contribution in [-0.4, -0.2) is 17.0 Å². The second kappa shape index (κ2) is 14.7. The lowest BCUT2D eigenvalue weighted by atomic mass is 10.3. The largest absolute Gasteiger partial charge is 0.478 e. The smallest absolute Gasteiger partial charge is 0.327 e. The van der Waals surface area contributed by atoms with Crippen molar-refractivity contribution in [3.8, 4) is 0 Å². The molecule has 0 saturated carbocycles. The summed E-state index contributed by atoms with van der Waals surface area (Å²) in [4.78, 5) is 18.7. The fraction of sp³-hybridized carbons (Fsp3) is 0.273. The highest BCUT2D eigenvalue weighted by atomic mass is 16.4. The topological polar surface area (TPSA) is 80.4 Å². The molecule has 86 valence electrons. The third kappa shape index (κ3) is 72.5. The SMILES string of the molecule is C=CC(=O)O.C=CC(N)=O.CC=C(C)C. The van der Waals surface area contributed by atoms with E-state index in [1.807, 2.05) is 6.92 Å². The van der Waals surface area contributed by atoms with Crippen LogP contribution in [0.2, 0.25) is 0 Å². The number of primary amides is 1. The number of rotatable bonds is 2. The molecule has 0 spiro atoms. The van der Waals surface area contributed by atoms with E-state index in [0.29, 0.717) is 0 Å². The van der Waals surface area contributed by atoms with Gasteiger partial charge in [0, 0.05) is 6.08 Å². The first-order chi connectivity index (χ1) is 6.81. The lowest BCUT2D eigenvalue weighted by Gasteiger charge is -1.74. The van der Waals surface area contributed by atoms with Crippen molar-refractivity contribution < 1.29 is 14.7 Å². The van der Waals surface area contributed by atoms with Gasteiger partial charge in [0.05, 0.1) is 0 Å². The number of amides is 1. The number of aliphatic carboxylic acids is 1. The molecule has 0 atom stereocenters. The molecule has 0 heterocycles. The molecular weight excluding hydrogens is 194 g/mol. The molecule has 0 bridgehead atoms. The third-order valence-corrected chi connectivity index (χ3v) is 0.953. The fourth-order valence-corrected chi connectivity index (χ4v) is 0. The van der Waals surface area contributed by atoms with Gasteiger partial charge in [-0.1, -0.05) is 24.8 Å². The molecule has 0 rings (SSSR count). The van der Waals surface area contributed by atoms with Crippen molar-refractivity contribution in [1.29, 1.82) is 0 Å². The van der Waals surface area contributed by atoms with Crippen LogP contribution in [0.1, 0.15) is 20.8 Å². The van der Waals surface area contributed by atoms with Crippen molar-refractivity contribution in [2.24, 2.45) is 5.73 Å². The molecule has 0 aliphatic rings. The van der Waals surface area contributed by atoms with Crippen molar-refractivity contribution >= 4 is 11.9 Å². The zero-order valence-electron chi connectivity index (χ0n) is 9.49. The van der Waals surface area contributed by atoms with Gasteiger partial charge >= 0.3 is 5.97 Å². The predicted octanol–water partition coefficient (Wildman–Crippen LogP) is 1.89. The second-order valence-electron chi connectivity index (χ2n) is 2.51. The van der Waals surface area contributed by atoms with Gasteiger partial charge in [-0.2, -0.15) is 0 Å². The molecule has 0 aliphatic heterocycles. The first kappa shape index (κ1) is 18.9. The molecule has 0 saturated heterocycles. The maximum Gasteiger partial charge on any atom is 0.327 e. The highest BCUT2D eigenvalue weighted by Gasteiger charge is 1.73. The number of nitrogens with two attached hydrogens (primary N) is 1. The maximum absolute atomic E-state index is 9.47. The second-order valence-corrected chi connectivity index (χ2v) is 2.51. The number of carbonyl (C=O) groups excluding carboxylic acids is 1. The van der Waals surface area contributed by atoms with Gasteiger partial charge in [-0.15, -0.1) is 0 Å². The minimum absolute atomic E-state index is 0.481. The first-order valence-corrected chi connectivity index (χ1v) is 4.18. The van der Waals surface area contributed by atoms with E-state index in [2.05, 4.69) is 38.8 Å². The fourth-order valence-electron chi connectivity index (χ4n) is 0. The van der Waals surface area contributed by atoms with Crippen molar-refractivity contribution in [2.45, 2.75) is 20.8 Å². The van der Waals surface area contributed by atoms with Gasteiger partial charge in [-0.3, -0.25) is 4.79 Å². The Bertz CT molecular complexity index is 220. The lowest BCUT2D eigenvalue weighted by molar-refractivity contribution is -0.131. The zero-order chi connectivity index (χ0) is 12.9. The van der Waals surface area contributed by atoms with E-state index in [4.69, 9.17) is 5.11 Å². The Kier molecular flexibility index (Phi) is 18.4. The van der Waals surface area contributed by atoms with Gasteiger partial charge in [0.1, 0.15) is 0 Å². The average Bonchev–Trinajstić information content (AvgIpc) is 2.19. The van der Waals surface area contributed by atoms with Crippen LogP contribution in [0.5, 0.6) is 0 Å². The highest BCUT2D eigenvalue weighted by molar-refractivity contribution is 5.84. The summed E-state index contributed by atoms with van der Waals surface area (Å²) < 4.78 is 0. The quantitative estimate of drug-likeness (QED) is 0.543. The standard InChI is InChI=1S/C5H10.C3H5NO.C3H4O2/c1-4-5(2)3;2*1-2-3(4)5/h4H,1-3H3;2H,1H2,(H2,4,5);2H,1H2,(H,4,5). The normalized spacial score (nSPS) is 6.60. The van der Waals surface area contributed by atoms with Crippen LogP contribution in [0, 0.1) is 0 Å².